The molecule has 3 aliphatic rings. The number of rotatable bonds is 2. The number of anilines is 1. The Bertz CT molecular complexity index is 632. The molecule has 1 aromatic rings. The molecular weight excluding hydrogens is 300 g/mol. The fourth-order valence-corrected chi connectivity index (χ4v) is 4.30. The highest BCUT2D eigenvalue weighted by Crippen LogP contribution is 2.34. The van der Waals surface area contributed by atoms with E-state index in [1.165, 1.54) is 12.8 Å². The molecule has 0 unspecified atom stereocenters. The van der Waals surface area contributed by atoms with Gasteiger partial charge in [-0.1, -0.05) is 37.5 Å². The van der Waals surface area contributed by atoms with E-state index in [2.05, 4.69) is 17.0 Å². The lowest BCUT2D eigenvalue weighted by Gasteiger charge is -2.37. The molecule has 4 heteroatoms. The van der Waals surface area contributed by atoms with Crippen LogP contribution in [0.2, 0.25) is 0 Å². The summed E-state index contributed by atoms with van der Waals surface area (Å²) in [5, 5.41) is 0. The minimum absolute atomic E-state index is 0.165. The highest BCUT2D eigenvalue weighted by atomic mass is 16.2. The minimum Gasteiger partial charge on any atom is -0.335 e. The molecule has 0 bridgehead atoms. The zero-order valence-electron chi connectivity index (χ0n) is 14.2. The average Bonchev–Trinajstić information content (AvgIpc) is 3.04. The fourth-order valence-electron chi connectivity index (χ4n) is 4.30. The van der Waals surface area contributed by atoms with Gasteiger partial charge in [-0.25, -0.2) is 0 Å². The summed E-state index contributed by atoms with van der Waals surface area (Å²) < 4.78 is 0. The van der Waals surface area contributed by atoms with Gasteiger partial charge in [-0.05, 0) is 37.3 Å². The van der Waals surface area contributed by atoms with Crippen LogP contribution in [0.4, 0.5) is 5.69 Å². The average molecular weight is 326 g/mol. The van der Waals surface area contributed by atoms with Crippen molar-refractivity contribution in [1.82, 2.24) is 4.90 Å². The van der Waals surface area contributed by atoms with Crippen molar-refractivity contribution in [2.75, 3.05) is 11.4 Å². The van der Waals surface area contributed by atoms with Gasteiger partial charge in [-0.3, -0.25) is 9.59 Å². The van der Waals surface area contributed by atoms with Gasteiger partial charge in [0.05, 0.1) is 0 Å². The molecule has 4 rings (SSSR count). The minimum atomic E-state index is 0.165. The maximum atomic E-state index is 12.9. The SMILES string of the molecule is O=C(C1CCC1)N1CCC(=O)N(C2CCCC2)Cc2ccccc21. The summed E-state index contributed by atoms with van der Waals surface area (Å²) in [4.78, 5) is 29.6. The lowest BCUT2D eigenvalue weighted by Crippen LogP contribution is -2.46. The van der Waals surface area contributed by atoms with E-state index in [1.54, 1.807) is 0 Å². The van der Waals surface area contributed by atoms with Crippen LogP contribution in [-0.4, -0.2) is 29.3 Å². The van der Waals surface area contributed by atoms with Gasteiger partial charge in [0.25, 0.3) is 0 Å². The zero-order valence-corrected chi connectivity index (χ0v) is 14.2. The van der Waals surface area contributed by atoms with Gasteiger partial charge in [0.2, 0.25) is 11.8 Å². The van der Waals surface area contributed by atoms with E-state index in [9.17, 15) is 9.59 Å². The predicted molar refractivity (Wildman–Crippen MR) is 93.6 cm³/mol. The molecule has 2 amide bonds. The monoisotopic (exact) mass is 326 g/mol. The summed E-state index contributed by atoms with van der Waals surface area (Å²) >= 11 is 0. The largest absolute Gasteiger partial charge is 0.335 e. The van der Waals surface area contributed by atoms with E-state index < -0.39 is 0 Å². The normalized spacial score (nSPS) is 22.8. The van der Waals surface area contributed by atoms with E-state index in [4.69, 9.17) is 0 Å². The van der Waals surface area contributed by atoms with E-state index in [1.807, 2.05) is 17.0 Å². The smallest absolute Gasteiger partial charge is 0.230 e. The van der Waals surface area contributed by atoms with Gasteiger partial charge in [0, 0.05) is 37.2 Å². The first-order chi connectivity index (χ1) is 11.7. The summed E-state index contributed by atoms with van der Waals surface area (Å²) in [6.45, 7) is 1.17. The van der Waals surface area contributed by atoms with Crippen LogP contribution in [0.25, 0.3) is 0 Å². The van der Waals surface area contributed by atoms with Gasteiger partial charge in [-0.2, -0.15) is 0 Å². The van der Waals surface area contributed by atoms with E-state index >= 15 is 0 Å². The fraction of sp³-hybridized carbons (Fsp3) is 0.600. The van der Waals surface area contributed by atoms with Crippen LogP contribution in [0.1, 0.15) is 56.9 Å². The van der Waals surface area contributed by atoms with Gasteiger partial charge in [0.15, 0.2) is 0 Å². The Morgan fingerprint density at radius 2 is 1.75 bits per heavy atom. The molecule has 2 saturated carbocycles. The lowest BCUT2D eigenvalue weighted by atomic mass is 9.84. The van der Waals surface area contributed by atoms with Crippen molar-refractivity contribution in [3.63, 3.8) is 0 Å². The number of amides is 2. The molecule has 2 aliphatic carbocycles. The van der Waals surface area contributed by atoms with Crippen LogP contribution in [0.5, 0.6) is 0 Å². The lowest BCUT2D eigenvalue weighted by molar-refractivity contribution is -0.134. The quantitative estimate of drug-likeness (QED) is 0.834. The van der Waals surface area contributed by atoms with Gasteiger partial charge in [-0.15, -0.1) is 0 Å². The molecule has 0 aromatic heterocycles. The second-order valence-corrected chi connectivity index (χ2v) is 7.46. The predicted octanol–water partition coefficient (Wildman–Crippen LogP) is 3.49. The van der Waals surface area contributed by atoms with Crippen LogP contribution < -0.4 is 4.90 Å². The molecule has 0 radical (unpaired) electrons. The summed E-state index contributed by atoms with van der Waals surface area (Å²) in [6, 6.07) is 8.54. The van der Waals surface area contributed by atoms with Crippen molar-refractivity contribution in [2.45, 2.75) is 64.0 Å². The van der Waals surface area contributed by atoms with E-state index in [0.29, 0.717) is 25.6 Å². The number of nitrogens with zero attached hydrogens (tertiary/aromatic N) is 2. The second kappa shape index (κ2) is 6.58. The first-order valence-corrected chi connectivity index (χ1v) is 9.43. The molecular formula is C20H26N2O2. The van der Waals surface area contributed by atoms with Crippen molar-refractivity contribution in [2.24, 2.45) is 5.92 Å². The Hall–Kier alpha value is -1.84. The Labute approximate surface area is 143 Å². The maximum Gasteiger partial charge on any atom is 0.230 e. The molecule has 1 aliphatic heterocycles. The molecule has 0 spiro atoms. The van der Waals surface area contributed by atoms with Crippen LogP contribution >= 0.6 is 0 Å². The Morgan fingerprint density at radius 3 is 2.46 bits per heavy atom. The van der Waals surface area contributed by atoms with Gasteiger partial charge < -0.3 is 9.80 Å². The second-order valence-electron chi connectivity index (χ2n) is 7.46. The molecule has 2 fully saturated rings. The number of para-hydroxylation sites is 1. The molecule has 0 saturated heterocycles. The van der Waals surface area contributed by atoms with Crippen molar-refractivity contribution in [3.05, 3.63) is 29.8 Å². The molecule has 1 heterocycles. The summed E-state index contributed by atoms with van der Waals surface area (Å²) in [7, 11) is 0. The molecule has 128 valence electrons. The first kappa shape index (κ1) is 15.7. The maximum absolute atomic E-state index is 12.9. The number of hydrogen-bond acceptors (Lipinski definition) is 2. The molecule has 24 heavy (non-hydrogen) atoms. The topological polar surface area (TPSA) is 40.6 Å². The van der Waals surface area contributed by atoms with Crippen molar-refractivity contribution >= 4 is 17.5 Å². The third kappa shape index (κ3) is 2.83. The molecule has 4 nitrogen and oxygen atoms in total. The standard InChI is InChI=1S/C20H26N2O2/c23-19-12-13-21(20(24)15-7-5-8-15)18-11-4-1-6-16(18)14-22(19)17-9-2-3-10-17/h1,4,6,11,15,17H,2-3,5,7-10,12-14H2. The molecule has 1 aromatic carbocycles. The summed E-state index contributed by atoms with van der Waals surface area (Å²) in [5.74, 6) is 0.595. The van der Waals surface area contributed by atoms with Crippen LogP contribution in [-0.2, 0) is 16.1 Å². The third-order valence-electron chi connectivity index (χ3n) is 5.98. The van der Waals surface area contributed by atoms with Crippen molar-refractivity contribution < 1.29 is 9.59 Å². The van der Waals surface area contributed by atoms with Crippen molar-refractivity contribution in [3.8, 4) is 0 Å². The number of fused-ring (bicyclic) bond motifs is 1. The Balaban J connectivity index is 1.64. The number of carbonyl (C=O) groups is 2. The van der Waals surface area contributed by atoms with Crippen molar-refractivity contribution in [1.29, 1.82) is 0 Å². The number of benzene rings is 1. The number of hydrogen-bond donors (Lipinski definition) is 0. The van der Waals surface area contributed by atoms with Crippen LogP contribution in [0.3, 0.4) is 0 Å². The van der Waals surface area contributed by atoms with Gasteiger partial charge >= 0.3 is 0 Å². The highest BCUT2D eigenvalue weighted by molar-refractivity contribution is 5.97. The van der Waals surface area contributed by atoms with E-state index in [0.717, 1.165) is 43.4 Å². The number of carbonyl (C=O) groups excluding carboxylic acids is 2. The van der Waals surface area contributed by atoms with Crippen LogP contribution in [0.15, 0.2) is 24.3 Å². The summed E-state index contributed by atoms with van der Waals surface area (Å²) in [6.07, 6.45) is 8.30. The Kier molecular flexibility index (Phi) is 4.30. The molecule has 0 N–H and O–H groups in total. The van der Waals surface area contributed by atoms with Gasteiger partial charge in [0.1, 0.15) is 0 Å². The molecule has 0 atom stereocenters. The van der Waals surface area contributed by atoms with E-state index in [-0.39, 0.29) is 17.7 Å². The first-order valence-electron chi connectivity index (χ1n) is 9.43. The Morgan fingerprint density at radius 1 is 1.00 bits per heavy atom. The highest BCUT2D eigenvalue weighted by Gasteiger charge is 2.34. The third-order valence-corrected chi connectivity index (χ3v) is 5.98. The summed E-state index contributed by atoms with van der Waals surface area (Å²) in [5.41, 5.74) is 2.13. The zero-order chi connectivity index (χ0) is 16.5. The van der Waals surface area contributed by atoms with Crippen LogP contribution in [0, 0.1) is 5.92 Å².